The van der Waals surface area contributed by atoms with Gasteiger partial charge >= 0.3 is 0 Å². The maximum absolute atomic E-state index is 5.28. The second-order valence-corrected chi connectivity index (χ2v) is 6.32. The molecule has 0 aliphatic carbocycles. The number of guanidine groups is 1. The number of rotatable bonds is 4. The second-order valence-electron chi connectivity index (χ2n) is 6.32. The molecule has 0 bridgehead atoms. The van der Waals surface area contributed by atoms with Crippen molar-refractivity contribution in [2.24, 2.45) is 12.0 Å². The number of aryl methyl sites for hydroxylation is 1. The van der Waals surface area contributed by atoms with E-state index < -0.39 is 0 Å². The van der Waals surface area contributed by atoms with Gasteiger partial charge in [0.1, 0.15) is 12.2 Å². The Labute approximate surface area is 135 Å². The average Bonchev–Trinajstić information content (AvgIpc) is 3.09. The first-order valence-corrected chi connectivity index (χ1v) is 7.39. The predicted molar refractivity (Wildman–Crippen MR) is 85.7 cm³/mol. The number of hydrogen-bond donors (Lipinski definition) is 1. The van der Waals surface area contributed by atoms with E-state index in [9.17, 15) is 0 Å². The summed E-state index contributed by atoms with van der Waals surface area (Å²) >= 11 is 0. The molecule has 0 fully saturated rings. The van der Waals surface area contributed by atoms with Gasteiger partial charge in [-0.1, -0.05) is 25.9 Å². The Bertz CT molecular complexity index is 666. The van der Waals surface area contributed by atoms with Gasteiger partial charge in [0.2, 0.25) is 5.89 Å². The van der Waals surface area contributed by atoms with Crippen LogP contribution >= 0.6 is 0 Å². The molecule has 0 saturated heterocycles. The minimum atomic E-state index is -0.158. The zero-order valence-electron chi connectivity index (χ0n) is 14.5. The van der Waals surface area contributed by atoms with Crippen molar-refractivity contribution in [1.82, 2.24) is 35.1 Å². The smallest absolute Gasteiger partial charge is 0.232 e. The molecule has 9 nitrogen and oxygen atoms in total. The van der Waals surface area contributed by atoms with E-state index in [0.717, 1.165) is 11.8 Å². The maximum atomic E-state index is 5.28. The SMILES string of the molecule is CN=C(NCc1noc(C(C)(C)C)n1)N(C)Cc1ncnn1C. The summed E-state index contributed by atoms with van der Waals surface area (Å²) in [6.45, 7) is 7.13. The highest BCUT2D eigenvalue weighted by molar-refractivity contribution is 5.79. The van der Waals surface area contributed by atoms with Gasteiger partial charge < -0.3 is 14.7 Å². The van der Waals surface area contributed by atoms with E-state index in [1.807, 2.05) is 39.8 Å². The Morgan fingerprint density at radius 1 is 1.43 bits per heavy atom. The van der Waals surface area contributed by atoms with E-state index in [4.69, 9.17) is 4.52 Å². The summed E-state index contributed by atoms with van der Waals surface area (Å²) in [5.41, 5.74) is -0.158. The van der Waals surface area contributed by atoms with Crippen LogP contribution in [0.1, 0.15) is 38.3 Å². The largest absolute Gasteiger partial charge is 0.349 e. The summed E-state index contributed by atoms with van der Waals surface area (Å²) in [6.07, 6.45) is 1.53. The first kappa shape index (κ1) is 16.9. The van der Waals surface area contributed by atoms with Crippen LogP contribution in [0.2, 0.25) is 0 Å². The molecular weight excluding hydrogens is 296 g/mol. The molecule has 2 aromatic rings. The molecule has 0 radical (unpaired) electrons. The molecule has 0 saturated carbocycles. The highest BCUT2D eigenvalue weighted by atomic mass is 16.5. The third-order valence-corrected chi connectivity index (χ3v) is 3.27. The van der Waals surface area contributed by atoms with Crippen molar-refractivity contribution in [3.05, 3.63) is 23.9 Å². The molecule has 0 aliphatic rings. The minimum absolute atomic E-state index is 0.158. The highest BCUT2D eigenvalue weighted by Crippen LogP contribution is 2.19. The van der Waals surface area contributed by atoms with Crippen LogP contribution in [-0.2, 0) is 25.6 Å². The second kappa shape index (κ2) is 6.76. The van der Waals surface area contributed by atoms with Crippen molar-refractivity contribution in [3.63, 3.8) is 0 Å². The molecule has 2 rings (SSSR count). The van der Waals surface area contributed by atoms with Crippen LogP contribution < -0.4 is 5.32 Å². The van der Waals surface area contributed by atoms with Crippen LogP contribution in [0.5, 0.6) is 0 Å². The van der Waals surface area contributed by atoms with E-state index in [1.54, 1.807) is 11.7 Å². The topological polar surface area (TPSA) is 97.3 Å². The lowest BCUT2D eigenvalue weighted by Gasteiger charge is -2.20. The predicted octanol–water partition coefficient (Wildman–Crippen LogP) is 0.703. The summed E-state index contributed by atoms with van der Waals surface area (Å²) < 4.78 is 7.01. The normalized spacial score (nSPS) is 12.5. The molecule has 0 atom stereocenters. The molecule has 0 spiro atoms. The lowest BCUT2D eigenvalue weighted by Crippen LogP contribution is -2.38. The van der Waals surface area contributed by atoms with Crippen LogP contribution in [0.15, 0.2) is 15.8 Å². The quantitative estimate of drug-likeness (QED) is 0.654. The maximum Gasteiger partial charge on any atom is 0.232 e. The first-order valence-electron chi connectivity index (χ1n) is 7.39. The average molecular weight is 320 g/mol. The minimum Gasteiger partial charge on any atom is -0.349 e. The molecule has 0 unspecified atom stereocenters. The Morgan fingerprint density at radius 2 is 2.17 bits per heavy atom. The number of aromatic nitrogens is 5. The number of hydrogen-bond acceptors (Lipinski definition) is 6. The van der Waals surface area contributed by atoms with Crippen LogP contribution in [-0.4, -0.2) is 49.9 Å². The molecular formula is C14H24N8O. The van der Waals surface area contributed by atoms with Gasteiger partial charge in [-0.25, -0.2) is 4.98 Å². The van der Waals surface area contributed by atoms with Gasteiger partial charge in [0.25, 0.3) is 0 Å². The van der Waals surface area contributed by atoms with Crippen molar-refractivity contribution in [3.8, 4) is 0 Å². The van der Waals surface area contributed by atoms with Crippen molar-refractivity contribution >= 4 is 5.96 Å². The van der Waals surface area contributed by atoms with Crippen LogP contribution in [0, 0.1) is 0 Å². The van der Waals surface area contributed by atoms with Gasteiger partial charge in [-0.2, -0.15) is 10.1 Å². The molecule has 1 N–H and O–H groups in total. The van der Waals surface area contributed by atoms with Crippen LogP contribution in [0.25, 0.3) is 0 Å². The fourth-order valence-electron chi connectivity index (χ4n) is 1.92. The van der Waals surface area contributed by atoms with E-state index >= 15 is 0 Å². The zero-order valence-corrected chi connectivity index (χ0v) is 14.5. The Hall–Kier alpha value is -2.45. The number of aliphatic imine (C=N–C) groups is 1. The first-order chi connectivity index (χ1) is 10.8. The van der Waals surface area contributed by atoms with Crippen molar-refractivity contribution in [2.75, 3.05) is 14.1 Å². The van der Waals surface area contributed by atoms with Gasteiger partial charge in [-0.15, -0.1) is 0 Å². The standard InChI is InChI=1S/C14H24N8O/c1-14(2,3)12-19-10(20-23-12)7-16-13(15-4)21(5)8-11-17-9-18-22(11)6/h9H,7-8H2,1-6H3,(H,15,16). The summed E-state index contributed by atoms with van der Waals surface area (Å²) in [5.74, 6) is 2.79. The molecule has 126 valence electrons. The number of nitrogens with zero attached hydrogens (tertiary/aromatic N) is 7. The molecule has 9 heteroatoms. The van der Waals surface area contributed by atoms with Gasteiger partial charge in [0.05, 0.1) is 13.1 Å². The third-order valence-electron chi connectivity index (χ3n) is 3.27. The Balaban J connectivity index is 1.95. The summed E-state index contributed by atoms with van der Waals surface area (Å²) in [7, 11) is 5.52. The Morgan fingerprint density at radius 3 is 2.70 bits per heavy atom. The Kier molecular flexibility index (Phi) is 4.97. The lowest BCUT2D eigenvalue weighted by molar-refractivity contribution is 0.318. The van der Waals surface area contributed by atoms with Crippen molar-refractivity contribution in [2.45, 2.75) is 39.3 Å². The third kappa shape index (κ3) is 4.27. The lowest BCUT2D eigenvalue weighted by atomic mass is 9.97. The monoisotopic (exact) mass is 320 g/mol. The van der Waals surface area contributed by atoms with Crippen molar-refractivity contribution in [1.29, 1.82) is 0 Å². The molecule has 0 aliphatic heterocycles. The summed E-state index contributed by atoms with van der Waals surface area (Å²) in [5, 5.41) is 11.3. The van der Waals surface area contributed by atoms with Crippen molar-refractivity contribution < 1.29 is 4.52 Å². The summed E-state index contributed by atoms with van der Waals surface area (Å²) in [6, 6.07) is 0. The molecule has 23 heavy (non-hydrogen) atoms. The van der Waals surface area contributed by atoms with E-state index in [2.05, 4.69) is 30.5 Å². The molecule has 2 aromatic heterocycles. The van der Waals surface area contributed by atoms with Crippen LogP contribution in [0.3, 0.4) is 0 Å². The summed E-state index contributed by atoms with van der Waals surface area (Å²) in [4.78, 5) is 14.8. The van der Waals surface area contributed by atoms with E-state index in [-0.39, 0.29) is 5.41 Å². The van der Waals surface area contributed by atoms with Crippen LogP contribution in [0.4, 0.5) is 0 Å². The van der Waals surface area contributed by atoms with E-state index in [1.165, 1.54) is 6.33 Å². The van der Waals surface area contributed by atoms with Gasteiger partial charge in [0, 0.05) is 26.6 Å². The molecule has 0 aromatic carbocycles. The zero-order chi connectivity index (χ0) is 17.0. The van der Waals surface area contributed by atoms with Gasteiger partial charge in [-0.3, -0.25) is 9.67 Å². The number of nitrogens with one attached hydrogen (secondary N) is 1. The molecule has 0 amide bonds. The highest BCUT2D eigenvalue weighted by Gasteiger charge is 2.21. The fraction of sp³-hybridized carbons (Fsp3) is 0.643. The van der Waals surface area contributed by atoms with E-state index in [0.29, 0.717) is 24.8 Å². The van der Waals surface area contributed by atoms with Gasteiger partial charge in [-0.05, 0) is 0 Å². The van der Waals surface area contributed by atoms with Gasteiger partial charge in [0.15, 0.2) is 11.8 Å². The fourth-order valence-corrected chi connectivity index (χ4v) is 1.92. The molecule has 2 heterocycles.